The molecule has 1 aliphatic rings. The molecule has 2 N–H and O–H groups in total. The maximum absolute atomic E-state index is 10.8. The monoisotopic (exact) mass is 189 g/mol. The number of hydrazone groups is 1. The van der Waals surface area contributed by atoms with E-state index in [1.54, 1.807) is 6.21 Å². The van der Waals surface area contributed by atoms with Crippen LogP contribution in [0.4, 0.5) is 4.79 Å². The highest BCUT2D eigenvalue weighted by Gasteiger charge is 2.21. The Morgan fingerprint density at radius 1 is 1.43 bits per heavy atom. The van der Waals surface area contributed by atoms with Crippen molar-refractivity contribution >= 4 is 12.2 Å². The first-order chi connectivity index (χ1) is 6.77. The maximum atomic E-state index is 10.8. The van der Waals surface area contributed by atoms with Gasteiger partial charge in [0.05, 0.1) is 6.54 Å². The fourth-order valence-corrected chi connectivity index (χ4v) is 1.48. The number of amides is 2. The summed E-state index contributed by atoms with van der Waals surface area (Å²) in [5, 5.41) is 5.20. The number of benzene rings is 1. The van der Waals surface area contributed by atoms with Gasteiger partial charge in [0, 0.05) is 12.1 Å². The van der Waals surface area contributed by atoms with Gasteiger partial charge in [-0.15, -0.1) is 0 Å². The summed E-state index contributed by atoms with van der Waals surface area (Å²) >= 11 is 0. The number of hydrogen-bond acceptors (Lipinski definition) is 2. The Bertz CT molecular complexity index is 361. The van der Waals surface area contributed by atoms with Gasteiger partial charge >= 0.3 is 6.03 Å². The lowest BCUT2D eigenvalue weighted by Gasteiger charge is -2.10. The largest absolute Gasteiger partial charge is 0.350 e. The molecule has 4 heteroatoms. The van der Waals surface area contributed by atoms with Crippen LogP contribution >= 0.6 is 0 Å². The molecule has 72 valence electrons. The Morgan fingerprint density at radius 2 is 2.14 bits per heavy atom. The third kappa shape index (κ3) is 1.59. The van der Waals surface area contributed by atoms with Crippen LogP contribution in [-0.2, 0) is 0 Å². The molecule has 1 unspecified atom stereocenters. The number of primary amides is 1. The number of nitrogens with two attached hydrogens (primary N) is 1. The van der Waals surface area contributed by atoms with Crippen molar-refractivity contribution < 1.29 is 4.79 Å². The summed E-state index contributed by atoms with van der Waals surface area (Å²) in [7, 11) is 0. The molecular weight excluding hydrogens is 178 g/mol. The van der Waals surface area contributed by atoms with Gasteiger partial charge in [0.1, 0.15) is 0 Å². The van der Waals surface area contributed by atoms with Crippen molar-refractivity contribution in [3.05, 3.63) is 35.9 Å². The predicted molar refractivity (Wildman–Crippen MR) is 54.0 cm³/mol. The molecule has 0 bridgehead atoms. The lowest BCUT2D eigenvalue weighted by Crippen LogP contribution is -2.30. The Kier molecular flexibility index (Phi) is 2.18. The first-order valence-electron chi connectivity index (χ1n) is 4.43. The fourth-order valence-electron chi connectivity index (χ4n) is 1.48. The van der Waals surface area contributed by atoms with Crippen molar-refractivity contribution in [2.45, 2.75) is 5.92 Å². The summed E-state index contributed by atoms with van der Waals surface area (Å²) in [4.78, 5) is 10.8. The van der Waals surface area contributed by atoms with Crippen molar-refractivity contribution in [3.8, 4) is 0 Å². The quantitative estimate of drug-likeness (QED) is 0.707. The SMILES string of the molecule is NC(=O)N1CC(c2ccccc2)C=N1. The molecule has 1 heterocycles. The van der Waals surface area contributed by atoms with Crippen LogP contribution in [0.3, 0.4) is 0 Å². The van der Waals surface area contributed by atoms with Gasteiger partial charge in [0.2, 0.25) is 0 Å². The molecule has 1 aromatic rings. The summed E-state index contributed by atoms with van der Waals surface area (Å²) in [6.07, 6.45) is 1.75. The van der Waals surface area contributed by atoms with E-state index < -0.39 is 6.03 Å². The van der Waals surface area contributed by atoms with Crippen molar-refractivity contribution in [1.29, 1.82) is 0 Å². The zero-order chi connectivity index (χ0) is 9.97. The van der Waals surface area contributed by atoms with E-state index in [2.05, 4.69) is 5.10 Å². The summed E-state index contributed by atoms with van der Waals surface area (Å²) in [6, 6.07) is 9.43. The molecular formula is C10H11N3O. The second kappa shape index (κ2) is 3.49. The Morgan fingerprint density at radius 3 is 2.71 bits per heavy atom. The lowest BCUT2D eigenvalue weighted by molar-refractivity contribution is 0.214. The molecule has 0 spiro atoms. The van der Waals surface area contributed by atoms with E-state index in [0.29, 0.717) is 6.54 Å². The van der Waals surface area contributed by atoms with Crippen LogP contribution in [0.2, 0.25) is 0 Å². The van der Waals surface area contributed by atoms with Crippen molar-refractivity contribution in [2.75, 3.05) is 6.54 Å². The second-order valence-electron chi connectivity index (χ2n) is 3.20. The predicted octanol–water partition coefficient (Wildman–Crippen LogP) is 1.15. The smallest absolute Gasteiger partial charge is 0.335 e. The number of carbonyl (C=O) groups is 1. The van der Waals surface area contributed by atoms with Crippen LogP contribution in [0.5, 0.6) is 0 Å². The number of hydrogen-bond donors (Lipinski definition) is 1. The summed E-state index contributed by atoms with van der Waals surface area (Å²) in [5.41, 5.74) is 6.26. The van der Waals surface area contributed by atoms with E-state index in [1.807, 2.05) is 30.3 Å². The molecule has 0 fully saturated rings. The van der Waals surface area contributed by atoms with Crippen molar-refractivity contribution in [3.63, 3.8) is 0 Å². The van der Waals surface area contributed by atoms with Gasteiger partial charge in [-0.1, -0.05) is 30.3 Å². The first-order valence-corrected chi connectivity index (χ1v) is 4.43. The molecule has 1 aliphatic heterocycles. The highest BCUT2D eigenvalue weighted by Crippen LogP contribution is 2.19. The van der Waals surface area contributed by atoms with Gasteiger partial charge in [0.25, 0.3) is 0 Å². The topological polar surface area (TPSA) is 58.7 Å². The second-order valence-corrected chi connectivity index (χ2v) is 3.20. The average Bonchev–Trinajstić information content (AvgIpc) is 2.68. The zero-order valence-corrected chi connectivity index (χ0v) is 7.63. The number of urea groups is 1. The van der Waals surface area contributed by atoms with Crippen LogP contribution < -0.4 is 5.73 Å². The molecule has 0 aliphatic carbocycles. The first kappa shape index (κ1) is 8.74. The highest BCUT2D eigenvalue weighted by atomic mass is 16.2. The molecule has 2 rings (SSSR count). The molecule has 0 saturated heterocycles. The normalized spacial score (nSPS) is 20.0. The van der Waals surface area contributed by atoms with Crippen molar-refractivity contribution in [2.24, 2.45) is 10.8 Å². The van der Waals surface area contributed by atoms with Gasteiger partial charge in [0.15, 0.2) is 0 Å². The van der Waals surface area contributed by atoms with E-state index in [9.17, 15) is 4.79 Å². The third-order valence-corrected chi connectivity index (χ3v) is 2.24. The van der Waals surface area contributed by atoms with Crippen LogP contribution in [-0.4, -0.2) is 23.8 Å². The van der Waals surface area contributed by atoms with Crippen LogP contribution in [0, 0.1) is 0 Å². The Balaban J connectivity index is 2.11. The molecule has 1 aromatic carbocycles. The molecule has 0 radical (unpaired) electrons. The number of carbonyl (C=O) groups excluding carboxylic acids is 1. The molecule has 0 aromatic heterocycles. The fraction of sp³-hybridized carbons (Fsp3) is 0.200. The van der Waals surface area contributed by atoms with E-state index >= 15 is 0 Å². The maximum Gasteiger partial charge on any atom is 0.335 e. The minimum atomic E-state index is -0.500. The minimum Gasteiger partial charge on any atom is -0.350 e. The molecule has 0 saturated carbocycles. The van der Waals surface area contributed by atoms with Gasteiger partial charge < -0.3 is 5.73 Å². The minimum absolute atomic E-state index is 0.170. The lowest BCUT2D eigenvalue weighted by atomic mass is 10.0. The molecule has 14 heavy (non-hydrogen) atoms. The Hall–Kier alpha value is -1.84. The number of nitrogens with zero attached hydrogens (tertiary/aromatic N) is 2. The van der Waals surface area contributed by atoms with Gasteiger partial charge in [-0.2, -0.15) is 5.10 Å². The van der Waals surface area contributed by atoms with Crippen LogP contribution in [0.15, 0.2) is 35.4 Å². The molecule has 1 atom stereocenters. The van der Waals surface area contributed by atoms with Crippen molar-refractivity contribution in [1.82, 2.24) is 5.01 Å². The van der Waals surface area contributed by atoms with Gasteiger partial charge in [-0.25, -0.2) is 9.80 Å². The van der Waals surface area contributed by atoms with Gasteiger partial charge in [-0.05, 0) is 5.56 Å². The van der Waals surface area contributed by atoms with Crippen LogP contribution in [0.1, 0.15) is 11.5 Å². The summed E-state index contributed by atoms with van der Waals surface area (Å²) < 4.78 is 0. The van der Waals surface area contributed by atoms with Crippen LogP contribution in [0.25, 0.3) is 0 Å². The molecule has 2 amide bonds. The highest BCUT2D eigenvalue weighted by molar-refractivity contribution is 5.78. The average molecular weight is 189 g/mol. The van der Waals surface area contributed by atoms with E-state index in [0.717, 1.165) is 5.56 Å². The summed E-state index contributed by atoms with van der Waals surface area (Å²) in [5.74, 6) is 0.170. The number of rotatable bonds is 1. The summed E-state index contributed by atoms with van der Waals surface area (Å²) in [6.45, 7) is 0.541. The van der Waals surface area contributed by atoms with E-state index in [4.69, 9.17) is 5.73 Å². The van der Waals surface area contributed by atoms with Gasteiger partial charge in [-0.3, -0.25) is 0 Å². The standard InChI is InChI=1S/C10H11N3O/c11-10(14)13-7-9(6-12-13)8-4-2-1-3-5-8/h1-6,9H,7H2,(H2,11,14). The van der Waals surface area contributed by atoms with E-state index in [1.165, 1.54) is 5.01 Å². The van der Waals surface area contributed by atoms with E-state index in [-0.39, 0.29) is 5.92 Å². The zero-order valence-electron chi connectivity index (χ0n) is 7.63. The third-order valence-electron chi connectivity index (χ3n) is 2.24. The Labute approximate surface area is 82.0 Å². The molecule has 4 nitrogen and oxygen atoms in total.